The number of hydrogen-bond donors (Lipinski definition) is 1. The number of thiazole rings is 1. The Hall–Kier alpha value is -2.38. The normalized spacial score (nSPS) is 10.5. The van der Waals surface area contributed by atoms with Crippen LogP contribution in [-0.4, -0.2) is 23.8 Å². The van der Waals surface area contributed by atoms with Crippen molar-refractivity contribution in [3.8, 4) is 16.3 Å². The monoisotopic (exact) mass is 388 g/mol. The van der Waals surface area contributed by atoms with Gasteiger partial charge < -0.3 is 10.1 Å². The lowest BCUT2D eigenvalue weighted by Crippen LogP contribution is -2.15. The van der Waals surface area contributed by atoms with Gasteiger partial charge in [0.2, 0.25) is 5.91 Å². The number of thioether (sulfide) groups is 1. The van der Waals surface area contributed by atoms with Crippen molar-refractivity contribution in [3.05, 3.63) is 65.4 Å². The Morgan fingerprint density at radius 2 is 2.00 bits per heavy atom. The quantitative estimate of drug-likeness (QED) is 0.630. The third-order valence-corrected chi connectivity index (χ3v) is 5.43. The Morgan fingerprint density at radius 1 is 1.23 bits per heavy atom. The first kappa shape index (κ1) is 18.4. The van der Waals surface area contributed by atoms with Gasteiger partial charge in [-0.3, -0.25) is 4.79 Å². The van der Waals surface area contributed by atoms with Crippen LogP contribution in [0.15, 0.2) is 53.9 Å². The molecule has 2 aromatic carbocycles. The molecule has 0 radical (unpaired) electrons. The van der Waals surface area contributed by atoms with Crippen LogP contribution in [0.1, 0.15) is 5.69 Å². The van der Waals surface area contributed by atoms with Crippen molar-refractivity contribution in [2.24, 2.45) is 0 Å². The van der Waals surface area contributed by atoms with Gasteiger partial charge in [0, 0.05) is 16.7 Å². The van der Waals surface area contributed by atoms with E-state index in [2.05, 4.69) is 10.3 Å². The largest absolute Gasteiger partial charge is 0.497 e. The minimum Gasteiger partial charge on any atom is -0.497 e. The van der Waals surface area contributed by atoms with E-state index in [0.717, 1.165) is 22.0 Å². The van der Waals surface area contributed by atoms with Crippen LogP contribution in [0.2, 0.25) is 0 Å². The van der Waals surface area contributed by atoms with Crippen LogP contribution < -0.4 is 10.1 Å². The summed E-state index contributed by atoms with van der Waals surface area (Å²) in [5, 5.41) is 5.49. The molecule has 134 valence electrons. The Balaban J connectivity index is 1.50. The third kappa shape index (κ3) is 4.83. The second-order valence-corrected chi connectivity index (χ2v) is 7.24. The highest BCUT2D eigenvalue weighted by Gasteiger charge is 2.09. The number of amides is 1. The molecule has 0 aliphatic rings. The van der Waals surface area contributed by atoms with E-state index in [-0.39, 0.29) is 17.3 Å². The summed E-state index contributed by atoms with van der Waals surface area (Å²) in [4.78, 5) is 16.5. The number of methoxy groups -OCH3 is 1. The average Bonchev–Trinajstić information content (AvgIpc) is 3.12. The molecule has 0 aliphatic carbocycles. The Labute approximate surface area is 159 Å². The Kier molecular flexibility index (Phi) is 6.25. The number of nitrogens with one attached hydrogen (secondary N) is 1. The summed E-state index contributed by atoms with van der Waals surface area (Å²) in [6.07, 6.45) is 0. The summed E-state index contributed by atoms with van der Waals surface area (Å²) < 4.78 is 18.7. The molecule has 1 amide bonds. The van der Waals surface area contributed by atoms with Crippen molar-refractivity contribution in [2.45, 2.75) is 5.75 Å². The van der Waals surface area contributed by atoms with E-state index in [1.54, 1.807) is 36.6 Å². The van der Waals surface area contributed by atoms with Crippen LogP contribution >= 0.6 is 23.1 Å². The highest BCUT2D eigenvalue weighted by atomic mass is 32.2. The van der Waals surface area contributed by atoms with Crippen LogP contribution in [0.3, 0.4) is 0 Å². The van der Waals surface area contributed by atoms with Crippen molar-refractivity contribution < 1.29 is 13.9 Å². The number of hydrogen-bond acceptors (Lipinski definition) is 5. The number of benzene rings is 2. The van der Waals surface area contributed by atoms with Gasteiger partial charge in [-0.25, -0.2) is 9.37 Å². The molecule has 0 saturated carbocycles. The Morgan fingerprint density at radius 3 is 2.73 bits per heavy atom. The number of carbonyl (C=O) groups excluding carboxylic acids is 1. The molecule has 0 fully saturated rings. The van der Waals surface area contributed by atoms with Gasteiger partial charge >= 0.3 is 0 Å². The van der Waals surface area contributed by atoms with Gasteiger partial charge in [0.1, 0.15) is 16.6 Å². The number of nitrogens with zero attached hydrogens (tertiary/aromatic N) is 1. The number of halogens is 1. The summed E-state index contributed by atoms with van der Waals surface area (Å²) in [7, 11) is 1.63. The maximum absolute atomic E-state index is 13.5. The maximum atomic E-state index is 13.5. The van der Waals surface area contributed by atoms with Gasteiger partial charge in [0.05, 0.1) is 24.2 Å². The molecule has 3 aromatic rings. The number of rotatable bonds is 7. The molecule has 26 heavy (non-hydrogen) atoms. The molecular weight excluding hydrogens is 371 g/mol. The van der Waals surface area contributed by atoms with Crippen LogP contribution in [0, 0.1) is 5.82 Å². The van der Waals surface area contributed by atoms with Gasteiger partial charge in [-0.1, -0.05) is 12.1 Å². The molecule has 0 spiro atoms. The van der Waals surface area contributed by atoms with Crippen molar-refractivity contribution in [2.75, 3.05) is 18.2 Å². The number of aromatic nitrogens is 1. The van der Waals surface area contributed by atoms with Crippen molar-refractivity contribution in [3.63, 3.8) is 0 Å². The van der Waals surface area contributed by atoms with E-state index in [1.165, 1.54) is 17.8 Å². The summed E-state index contributed by atoms with van der Waals surface area (Å²) in [6, 6.07) is 13.9. The smallest absolute Gasteiger partial charge is 0.234 e. The summed E-state index contributed by atoms with van der Waals surface area (Å²) in [6.45, 7) is 0. The topological polar surface area (TPSA) is 51.2 Å². The van der Waals surface area contributed by atoms with Gasteiger partial charge in [-0.15, -0.1) is 23.1 Å². The fourth-order valence-corrected chi connectivity index (χ4v) is 3.88. The molecule has 3 rings (SSSR count). The molecule has 0 aliphatic heterocycles. The number of anilines is 1. The highest BCUT2D eigenvalue weighted by molar-refractivity contribution is 7.99. The summed E-state index contributed by atoms with van der Waals surface area (Å²) >= 11 is 3.01. The molecule has 7 heteroatoms. The average molecular weight is 388 g/mol. The fraction of sp³-hybridized carbons (Fsp3) is 0.158. The van der Waals surface area contributed by atoms with Crippen LogP contribution in [0.4, 0.5) is 10.1 Å². The van der Waals surface area contributed by atoms with Gasteiger partial charge in [-0.05, 0) is 36.4 Å². The minimum atomic E-state index is -0.436. The number of ether oxygens (including phenoxy) is 1. The molecule has 1 heterocycles. The van der Waals surface area contributed by atoms with E-state index in [0.29, 0.717) is 5.75 Å². The third-order valence-electron chi connectivity index (χ3n) is 3.52. The summed E-state index contributed by atoms with van der Waals surface area (Å²) in [5.41, 5.74) is 2.16. The van der Waals surface area contributed by atoms with Gasteiger partial charge in [0.25, 0.3) is 0 Å². The van der Waals surface area contributed by atoms with Crippen molar-refractivity contribution in [1.82, 2.24) is 4.98 Å². The van der Waals surface area contributed by atoms with E-state index in [9.17, 15) is 9.18 Å². The molecule has 1 N–H and O–H groups in total. The van der Waals surface area contributed by atoms with Crippen molar-refractivity contribution >= 4 is 34.7 Å². The van der Waals surface area contributed by atoms with E-state index in [1.807, 2.05) is 29.6 Å². The first-order valence-corrected chi connectivity index (χ1v) is 9.90. The summed E-state index contributed by atoms with van der Waals surface area (Å²) in [5.74, 6) is 1.00. The van der Waals surface area contributed by atoms with E-state index >= 15 is 0 Å². The second-order valence-electron chi connectivity index (χ2n) is 5.39. The Bertz CT molecular complexity index is 881. The number of para-hydroxylation sites is 1. The first-order chi connectivity index (χ1) is 12.7. The first-order valence-electron chi connectivity index (χ1n) is 7.86. The maximum Gasteiger partial charge on any atom is 0.234 e. The highest BCUT2D eigenvalue weighted by Crippen LogP contribution is 2.27. The minimum absolute atomic E-state index is 0.202. The molecule has 0 bridgehead atoms. The lowest BCUT2D eigenvalue weighted by molar-refractivity contribution is -0.113. The van der Waals surface area contributed by atoms with Crippen LogP contribution in [0.5, 0.6) is 5.75 Å². The van der Waals surface area contributed by atoms with E-state index in [4.69, 9.17) is 4.74 Å². The predicted molar refractivity (Wildman–Crippen MR) is 105 cm³/mol. The fourth-order valence-electron chi connectivity index (χ4n) is 2.24. The lowest BCUT2D eigenvalue weighted by Gasteiger charge is -2.05. The second kappa shape index (κ2) is 8.82. The number of carbonyl (C=O) groups is 1. The zero-order valence-electron chi connectivity index (χ0n) is 14.1. The molecule has 0 unspecified atom stereocenters. The van der Waals surface area contributed by atoms with Crippen LogP contribution in [-0.2, 0) is 10.5 Å². The SMILES string of the molecule is COc1ccc(-c2nc(CSCC(=O)Nc3ccccc3F)cs2)cc1. The molecule has 0 atom stereocenters. The lowest BCUT2D eigenvalue weighted by atomic mass is 10.2. The zero-order chi connectivity index (χ0) is 18.4. The van der Waals surface area contributed by atoms with Gasteiger partial charge in [0.15, 0.2) is 0 Å². The van der Waals surface area contributed by atoms with E-state index < -0.39 is 5.82 Å². The molecular formula is C19H17FN2O2S2. The zero-order valence-corrected chi connectivity index (χ0v) is 15.7. The van der Waals surface area contributed by atoms with Crippen molar-refractivity contribution in [1.29, 1.82) is 0 Å². The predicted octanol–water partition coefficient (Wildman–Crippen LogP) is 4.83. The van der Waals surface area contributed by atoms with Crippen LogP contribution in [0.25, 0.3) is 10.6 Å². The van der Waals surface area contributed by atoms with Gasteiger partial charge in [-0.2, -0.15) is 0 Å². The molecule has 0 saturated heterocycles. The molecule has 4 nitrogen and oxygen atoms in total. The molecule has 1 aromatic heterocycles. The standard InChI is InChI=1S/C19H17FN2O2S2/c1-24-15-8-6-13(7-9-15)19-21-14(11-26-19)10-25-12-18(23)22-17-5-3-2-4-16(17)20/h2-9,11H,10,12H2,1H3,(H,22,23).